The van der Waals surface area contributed by atoms with Crippen LogP contribution in [0.1, 0.15) is 25.6 Å². The van der Waals surface area contributed by atoms with Crippen molar-refractivity contribution in [2.45, 2.75) is 31.8 Å². The molecule has 0 aromatic carbocycles. The van der Waals surface area contributed by atoms with Crippen LogP contribution in [0.15, 0.2) is 12.4 Å². The zero-order valence-electron chi connectivity index (χ0n) is 8.90. The maximum Gasteiger partial charge on any atom is 0.108 e. The van der Waals surface area contributed by atoms with Gasteiger partial charge >= 0.3 is 0 Å². The van der Waals surface area contributed by atoms with Crippen LogP contribution in [-0.2, 0) is 13.5 Å². The summed E-state index contributed by atoms with van der Waals surface area (Å²) in [4.78, 5) is 4.20. The van der Waals surface area contributed by atoms with Crippen LogP contribution in [-0.4, -0.2) is 26.8 Å². The van der Waals surface area contributed by atoms with Crippen LogP contribution in [0.2, 0.25) is 0 Å². The Morgan fingerprint density at radius 1 is 1.57 bits per heavy atom. The fraction of sp³-hybridized carbons (Fsp3) is 0.700. The highest BCUT2D eigenvalue weighted by Crippen LogP contribution is 2.16. The Balaban J connectivity index is 2.44. The molecule has 1 aromatic rings. The number of rotatable bonds is 5. The molecular formula is C10H19N3O. The highest BCUT2D eigenvalue weighted by atomic mass is 16.3. The standard InChI is InChI=1S/C10H19N3O/c1-10(14,5-6-11)4-3-9-12-7-8-13(9)2/h7-8,14H,3-6,11H2,1-2H3. The van der Waals surface area contributed by atoms with E-state index in [4.69, 9.17) is 5.73 Å². The maximum absolute atomic E-state index is 9.89. The fourth-order valence-corrected chi connectivity index (χ4v) is 1.45. The minimum atomic E-state index is -0.666. The molecule has 0 aliphatic heterocycles. The topological polar surface area (TPSA) is 64.1 Å². The first kappa shape index (κ1) is 11.2. The molecule has 0 amide bonds. The van der Waals surface area contributed by atoms with Crippen molar-refractivity contribution in [2.24, 2.45) is 12.8 Å². The number of aliphatic hydroxyl groups is 1. The van der Waals surface area contributed by atoms with Gasteiger partial charge in [0.1, 0.15) is 5.82 Å². The predicted molar refractivity (Wildman–Crippen MR) is 55.8 cm³/mol. The zero-order valence-corrected chi connectivity index (χ0v) is 8.90. The second kappa shape index (κ2) is 4.57. The van der Waals surface area contributed by atoms with Crippen molar-refractivity contribution < 1.29 is 5.11 Å². The van der Waals surface area contributed by atoms with Gasteiger partial charge in [-0.3, -0.25) is 0 Å². The fourth-order valence-electron chi connectivity index (χ4n) is 1.45. The predicted octanol–water partition coefficient (Wildman–Crippen LogP) is 0.452. The number of hydrogen-bond acceptors (Lipinski definition) is 3. The Morgan fingerprint density at radius 2 is 2.29 bits per heavy atom. The molecule has 0 bridgehead atoms. The van der Waals surface area contributed by atoms with Crippen molar-refractivity contribution in [3.05, 3.63) is 18.2 Å². The number of imidazole rings is 1. The van der Waals surface area contributed by atoms with Crippen LogP contribution in [0.5, 0.6) is 0 Å². The average molecular weight is 197 g/mol. The second-order valence-electron chi connectivity index (χ2n) is 3.99. The zero-order chi connectivity index (χ0) is 10.6. The highest BCUT2D eigenvalue weighted by Gasteiger charge is 2.19. The summed E-state index contributed by atoms with van der Waals surface area (Å²) in [5.74, 6) is 1.00. The van der Waals surface area contributed by atoms with E-state index in [1.807, 2.05) is 24.7 Å². The van der Waals surface area contributed by atoms with Gasteiger partial charge in [0, 0.05) is 25.9 Å². The highest BCUT2D eigenvalue weighted by molar-refractivity contribution is 4.92. The smallest absolute Gasteiger partial charge is 0.108 e. The third-order valence-electron chi connectivity index (χ3n) is 2.49. The van der Waals surface area contributed by atoms with E-state index in [0.29, 0.717) is 19.4 Å². The van der Waals surface area contributed by atoms with Crippen LogP contribution in [0.25, 0.3) is 0 Å². The van der Waals surface area contributed by atoms with Crippen molar-refractivity contribution in [1.29, 1.82) is 0 Å². The maximum atomic E-state index is 9.89. The molecule has 14 heavy (non-hydrogen) atoms. The van der Waals surface area contributed by atoms with Gasteiger partial charge in [-0.25, -0.2) is 4.98 Å². The van der Waals surface area contributed by atoms with Gasteiger partial charge in [-0.2, -0.15) is 0 Å². The Hall–Kier alpha value is -0.870. The lowest BCUT2D eigenvalue weighted by molar-refractivity contribution is 0.0441. The van der Waals surface area contributed by atoms with E-state index in [2.05, 4.69) is 4.98 Å². The van der Waals surface area contributed by atoms with Crippen molar-refractivity contribution in [1.82, 2.24) is 9.55 Å². The van der Waals surface area contributed by atoms with Crippen molar-refractivity contribution in [2.75, 3.05) is 6.54 Å². The molecule has 4 nitrogen and oxygen atoms in total. The van der Waals surface area contributed by atoms with Gasteiger partial charge in [0.15, 0.2) is 0 Å². The average Bonchev–Trinajstić information content (AvgIpc) is 2.48. The molecule has 0 aliphatic rings. The van der Waals surface area contributed by atoms with Gasteiger partial charge in [-0.15, -0.1) is 0 Å². The van der Waals surface area contributed by atoms with Gasteiger partial charge in [-0.1, -0.05) is 0 Å². The molecule has 1 unspecified atom stereocenters. The third-order valence-corrected chi connectivity index (χ3v) is 2.49. The summed E-state index contributed by atoms with van der Waals surface area (Å²) in [6, 6.07) is 0. The number of hydrogen-bond donors (Lipinski definition) is 2. The first-order chi connectivity index (χ1) is 6.55. The molecule has 1 atom stereocenters. The van der Waals surface area contributed by atoms with Crippen molar-refractivity contribution in [3.63, 3.8) is 0 Å². The number of nitrogens with zero attached hydrogens (tertiary/aromatic N) is 2. The molecule has 1 heterocycles. The summed E-state index contributed by atoms with van der Waals surface area (Å²) >= 11 is 0. The van der Waals surface area contributed by atoms with Crippen LogP contribution in [0.3, 0.4) is 0 Å². The molecule has 3 N–H and O–H groups in total. The van der Waals surface area contributed by atoms with Gasteiger partial charge in [-0.05, 0) is 26.3 Å². The molecule has 0 saturated carbocycles. The Bertz CT molecular complexity index is 281. The lowest BCUT2D eigenvalue weighted by Gasteiger charge is -2.21. The lowest BCUT2D eigenvalue weighted by atomic mass is 9.96. The summed E-state index contributed by atoms with van der Waals surface area (Å²) in [6.45, 7) is 2.34. The van der Waals surface area contributed by atoms with Gasteiger partial charge in [0.2, 0.25) is 0 Å². The van der Waals surface area contributed by atoms with Crippen molar-refractivity contribution >= 4 is 0 Å². The second-order valence-corrected chi connectivity index (χ2v) is 3.99. The van der Waals surface area contributed by atoms with Crippen LogP contribution in [0, 0.1) is 0 Å². The summed E-state index contributed by atoms with van der Waals surface area (Å²) in [7, 11) is 1.96. The first-order valence-corrected chi connectivity index (χ1v) is 4.94. The lowest BCUT2D eigenvalue weighted by Crippen LogP contribution is -2.28. The number of aromatic nitrogens is 2. The SMILES string of the molecule is Cn1ccnc1CCC(C)(O)CCN. The molecule has 1 rings (SSSR count). The molecule has 0 radical (unpaired) electrons. The van der Waals surface area contributed by atoms with E-state index < -0.39 is 5.60 Å². The van der Waals surface area contributed by atoms with E-state index in [1.165, 1.54) is 0 Å². The Kier molecular flexibility index (Phi) is 3.66. The quantitative estimate of drug-likeness (QED) is 0.720. The van der Waals surface area contributed by atoms with Gasteiger partial charge < -0.3 is 15.4 Å². The van der Waals surface area contributed by atoms with Crippen LogP contribution in [0.4, 0.5) is 0 Å². The van der Waals surface area contributed by atoms with E-state index in [-0.39, 0.29) is 0 Å². The van der Waals surface area contributed by atoms with Crippen LogP contribution < -0.4 is 5.73 Å². The third kappa shape index (κ3) is 3.12. The number of nitrogens with two attached hydrogens (primary N) is 1. The van der Waals surface area contributed by atoms with Gasteiger partial charge in [0.05, 0.1) is 5.60 Å². The minimum Gasteiger partial charge on any atom is -0.390 e. The molecule has 0 spiro atoms. The van der Waals surface area contributed by atoms with E-state index in [1.54, 1.807) is 6.20 Å². The first-order valence-electron chi connectivity index (χ1n) is 4.94. The minimum absolute atomic E-state index is 0.521. The Morgan fingerprint density at radius 3 is 2.79 bits per heavy atom. The van der Waals surface area contributed by atoms with Crippen LogP contribution >= 0.6 is 0 Å². The molecular weight excluding hydrogens is 178 g/mol. The molecule has 80 valence electrons. The van der Waals surface area contributed by atoms with Gasteiger partial charge in [0.25, 0.3) is 0 Å². The summed E-state index contributed by atoms with van der Waals surface area (Å²) in [5.41, 5.74) is 4.75. The van der Waals surface area contributed by atoms with E-state index in [9.17, 15) is 5.11 Å². The Labute approximate surface area is 84.8 Å². The van der Waals surface area contributed by atoms with Crippen molar-refractivity contribution in [3.8, 4) is 0 Å². The normalized spacial score (nSPS) is 15.4. The monoisotopic (exact) mass is 197 g/mol. The molecule has 0 fully saturated rings. The molecule has 4 heteroatoms. The number of aryl methyl sites for hydroxylation is 2. The summed E-state index contributed by atoms with van der Waals surface area (Å²) in [6.07, 6.45) is 5.81. The molecule has 0 saturated heterocycles. The summed E-state index contributed by atoms with van der Waals surface area (Å²) < 4.78 is 1.97. The summed E-state index contributed by atoms with van der Waals surface area (Å²) in [5, 5.41) is 9.89. The van der Waals surface area contributed by atoms with E-state index >= 15 is 0 Å². The molecule has 0 aliphatic carbocycles. The van der Waals surface area contributed by atoms with E-state index in [0.717, 1.165) is 12.2 Å². The largest absolute Gasteiger partial charge is 0.390 e. The molecule has 1 aromatic heterocycles.